The minimum absolute atomic E-state index is 0.0594. The maximum absolute atomic E-state index is 13.4. The molecule has 0 radical (unpaired) electrons. The second-order valence-corrected chi connectivity index (χ2v) is 11.3. The highest BCUT2D eigenvalue weighted by Gasteiger charge is 2.26. The summed E-state index contributed by atoms with van der Waals surface area (Å²) in [7, 11) is 3.44. The van der Waals surface area contributed by atoms with Gasteiger partial charge >= 0.3 is 0 Å². The molecule has 0 aliphatic rings. The van der Waals surface area contributed by atoms with E-state index in [2.05, 4.69) is 47.8 Å². The van der Waals surface area contributed by atoms with Gasteiger partial charge < -0.3 is 19.2 Å². The third kappa shape index (κ3) is 6.70. The van der Waals surface area contributed by atoms with Gasteiger partial charge in [0.2, 0.25) is 11.8 Å². The highest BCUT2D eigenvalue weighted by atomic mass is 16.5. The SMILES string of the molecule is Cc1ccc(C(NC(=O)Cc2ccc3oc(C(NCC(=O)N(C)C)c4c(C)noc4C)cc3c2)c2ccccc2)c(C)c1. The van der Waals surface area contributed by atoms with Gasteiger partial charge in [-0.3, -0.25) is 14.9 Å². The Bertz CT molecular complexity index is 1730. The van der Waals surface area contributed by atoms with Crippen LogP contribution in [0.2, 0.25) is 0 Å². The summed E-state index contributed by atoms with van der Waals surface area (Å²) in [6.07, 6.45) is 0.216. The largest absolute Gasteiger partial charge is 0.459 e. The topological polar surface area (TPSA) is 101 Å². The molecule has 2 amide bonds. The average molecular weight is 579 g/mol. The van der Waals surface area contributed by atoms with E-state index < -0.39 is 6.04 Å². The molecule has 43 heavy (non-hydrogen) atoms. The summed E-state index contributed by atoms with van der Waals surface area (Å²) in [5, 5.41) is 11.6. The maximum atomic E-state index is 13.4. The number of nitrogens with zero attached hydrogens (tertiary/aromatic N) is 2. The van der Waals surface area contributed by atoms with Crippen molar-refractivity contribution in [1.29, 1.82) is 0 Å². The van der Waals surface area contributed by atoms with Crippen LogP contribution in [0, 0.1) is 27.7 Å². The van der Waals surface area contributed by atoms with Crippen molar-refractivity contribution in [2.24, 2.45) is 0 Å². The number of amides is 2. The molecule has 0 saturated carbocycles. The smallest absolute Gasteiger partial charge is 0.236 e. The number of benzene rings is 3. The molecule has 0 bridgehead atoms. The molecule has 2 aromatic heterocycles. The first-order chi connectivity index (χ1) is 20.6. The number of hydrogen-bond donors (Lipinski definition) is 2. The molecule has 2 heterocycles. The number of likely N-dealkylation sites (N-methyl/N-ethyl adjacent to an activating group) is 1. The van der Waals surface area contributed by atoms with Gasteiger partial charge in [0.25, 0.3) is 0 Å². The summed E-state index contributed by atoms with van der Waals surface area (Å²) < 4.78 is 11.7. The van der Waals surface area contributed by atoms with Crippen LogP contribution >= 0.6 is 0 Å². The van der Waals surface area contributed by atoms with Crippen LogP contribution in [0.25, 0.3) is 11.0 Å². The number of fused-ring (bicyclic) bond motifs is 1. The molecular formula is C35H38N4O4. The van der Waals surface area contributed by atoms with Gasteiger partial charge in [-0.15, -0.1) is 0 Å². The van der Waals surface area contributed by atoms with Crippen molar-refractivity contribution in [2.75, 3.05) is 20.6 Å². The van der Waals surface area contributed by atoms with E-state index in [1.807, 2.05) is 68.4 Å². The van der Waals surface area contributed by atoms with E-state index in [0.29, 0.717) is 17.1 Å². The Morgan fingerprint density at radius 1 is 0.907 bits per heavy atom. The Hall–Kier alpha value is -4.69. The highest BCUT2D eigenvalue weighted by molar-refractivity contribution is 5.84. The monoisotopic (exact) mass is 578 g/mol. The van der Waals surface area contributed by atoms with Crippen LogP contribution in [0.15, 0.2) is 81.7 Å². The van der Waals surface area contributed by atoms with E-state index >= 15 is 0 Å². The van der Waals surface area contributed by atoms with Gasteiger partial charge in [-0.1, -0.05) is 65.3 Å². The van der Waals surface area contributed by atoms with Crippen LogP contribution in [-0.2, 0) is 16.0 Å². The van der Waals surface area contributed by atoms with Gasteiger partial charge in [0, 0.05) is 25.0 Å². The van der Waals surface area contributed by atoms with E-state index in [9.17, 15) is 9.59 Å². The van der Waals surface area contributed by atoms with Gasteiger partial charge in [-0.25, -0.2) is 0 Å². The lowest BCUT2D eigenvalue weighted by atomic mass is 9.93. The number of carbonyl (C=O) groups is 2. The van der Waals surface area contributed by atoms with Crippen LogP contribution in [-0.4, -0.2) is 42.5 Å². The zero-order chi connectivity index (χ0) is 30.7. The van der Waals surface area contributed by atoms with Crippen molar-refractivity contribution >= 4 is 22.8 Å². The fraction of sp³-hybridized carbons (Fsp3) is 0.286. The maximum Gasteiger partial charge on any atom is 0.236 e. The summed E-state index contributed by atoms with van der Waals surface area (Å²) >= 11 is 0. The molecule has 2 unspecified atom stereocenters. The molecule has 5 aromatic rings. The number of aromatic nitrogens is 1. The normalized spacial score (nSPS) is 12.7. The molecule has 222 valence electrons. The van der Waals surface area contributed by atoms with Crippen LogP contribution in [0.4, 0.5) is 0 Å². The number of rotatable bonds is 10. The molecule has 0 spiro atoms. The van der Waals surface area contributed by atoms with Crippen molar-refractivity contribution in [3.8, 4) is 0 Å². The van der Waals surface area contributed by atoms with Crippen LogP contribution in [0.5, 0.6) is 0 Å². The standard InChI is InChI=1S/C35H38N4O4/c1-21-12-14-28(22(2)16-21)34(26-10-8-7-9-11-26)37-31(40)18-25-13-15-29-27(17-25)19-30(42-29)35(36-20-32(41)39(5)6)33-23(3)38-43-24(33)4/h7-17,19,34-36H,18,20H2,1-6H3,(H,37,40). The molecule has 2 atom stereocenters. The lowest BCUT2D eigenvalue weighted by Crippen LogP contribution is -2.35. The van der Waals surface area contributed by atoms with Gasteiger partial charge in [-0.05, 0) is 68.1 Å². The third-order valence-corrected chi connectivity index (χ3v) is 7.76. The Morgan fingerprint density at radius 3 is 2.35 bits per heavy atom. The Kier molecular flexibility index (Phi) is 8.78. The van der Waals surface area contributed by atoms with Crippen molar-refractivity contribution in [3.05, 3.63) is 123 Å². The Morgan fingerprint density at radius 2 is 1.67 bits per heavy atom. The predicted octanol–water partition coefficient (Wildman–Crippen LogP) is 5.87. The van der Waals surface area contributed by atoms with Gasteiger partial charge in [0.05, 0.1) is 30.7 Å². The molecule has 5 rings (SSSR count). The molecule has 8 nitrogen and oxygen atoms in total. The quantitative estimate of drug-likeness (QED) is 0.215. The zero-order valence-electron chi connectivity index (χ0n) is 25.5. The average Bonchev–Trinajstić information content (AvgIpc) is 3.55. The van der Waals surface area contributed by atoms with E-state index in [1.165, 1.54) is 10.5 Å². The Labute approximate surface area is 252 Å². The fourth-order valence-electron chi connectivity index (χ4n) is 5.49. The molecule has 2 N–H and O–H groups in total. The molecule has 0 fully saturated rings. The van der Waals surface area contributed by atoms with Crippen molar-refractivity contribution < 1.29 is 18.5 Å². The van der Waals surface area contributed by atoms with E-state index in [0.717, 1.165) is 38.9 Å². The number of hydrogen-bond acceptors (Lipinski definition) is 6. The summed E-state index contributed by atoms with van der Waals surface area (Å²) in [6.45, 7) is 7.98. The summed E-state index contributed by atoms with van der Waals surface area (Å²) in [4.78, 5) is 27.4. The first-order valence-corrected chi connectivity index (χ1v) is 14.4. The molecule has 0 aliphatic heterocycles. The van der Waals surface area contributed by atoms with E-state index in [4.69, 9.17) is 8.94 Å². The van der Waals surface area contributed by atoms with Crippen LogP contribution in [0.3, 0.4) is 0 Å². The first kappa shape index (κ1) is 29.8. The van der Waals surface area contributed by atoms with Gasteiger partial charge in [-0.2, -0.15) is 0 Å². The summed E-state index contributed by atoms with van der Waals surface area (Å²) in [6, 6.07) is 23.4. The molecule has 3 aromatic carbocycles. The lowest BCUT2D eigenvalue weighted by Gasteiger charge is -2.22. The summed E-state index contributed by atoms with van der Waals surface area (Å²) in [5.41, 5.74) is 7.54. The summed E-state index contributed by atoms with van der Waals surface area (Å²) in [5.74, 6) is 1.16. The number of furan rings is 1. The zero-order valence-corrected chi connectivity index (χ0v) is 25.5. The number of aryl methyl sites for hydroxylation is 4. The number of nitrogens with one attached hydrogen (secondary N) is 2. The Balaban J connectivity index is 1.39. The van der Waals surface area contributed by atoms with Crippen LogP contribution in [0.1, 0.15) is 62.7 Å². The first-order valence-electron chi connectivity index (χ1n) is 14.4. The minimum Gasteiger partial charge on any atom is -0.459 e. The van der Waals surface area contributed by atoms with Crippen molar-refractivity contribution in [3.63, 3.8) is 0 Å². The van der Waals surface area contributed by atoms with E-state index in [1.54, 1.807) is 14.1 Å². The molecule has 0 saturated heterocycles. The van der Waals surface area contributed by atoms with Gasteiger partial charge in [0.15, 0.2) is 0 Å². The second-order valence-electron chi connectivity index (χ2n) is 11.3. The van der Waals surface area contributed by atoms with Crippen molar-refractivity contribution in [2.45, 2.75) is 46.2 Å². The van der Waals surface area contributed by atoms with E-state index in [-0.39, 0.29) is 30.8 Å². The van der Waals surface area contributed by atoms with Crippen molar-refractivity contribution in [1.82, 2.24) is 20.7 Å². The molecule has 8 heteroatoms. The fourth-order valence-corrected chi connectivity index (χ4v) is 5.49. The lowest BCUT2D eigenvalue weighted by molar-refractivity contribution is -0.127. The van der Waals surface area contributed by atoms with Gasteiger partial charge in [0.1, 0.15) is 17.1 Å². The second kappa shape index (κ2) is 12.7. The molecule has 0 aliphatic carbocycles. The highest BCUT2D eigenvalue weighted by Crippen LogP contribution is 2.32. The van der Waals surface area contributed by atoms with Crippen LogP contribution < -0.4 is 10.6 Å². The third-order valence-electron chi connectivity index (χ3n) is 7.76. The molecular weight excluding hydrogens is 540 g/mol. The number of carbonyl (C=O) groups excluding carboxylic acids is 2. The minimum atomic E-state index is -0.432. The predicted molar refractivity (Wildman–Crippen MR) is 167 cm³/mol.